The smallest absolute Gasteiger partial charge is 0.306 e. The lowest BCUT2D eigenvalue weighted by Gasteiger charge is -2.69. The summed E-state index contributed by atoms with van der Waals surface area (Å²) in [5.41, 5.74) is 4.04. The van der Waals surface area contributed by atoms with Gasteiger partial charge in [-0.2, -0.15) is 0 Å². The monoisotopic (exact) mass is 906 g/mol. The molecule has 0 radical (unpaired) electrons. The summed E-state index contributed by atoms with van der Waals surface area (Å²) in [6.07, 6.45) is 13.4. The highest BCUT2D eigenvalue weighted by Crippen LogP contribution is 2.74. The maximum Gasteiger partial charge on any atom is 0.306 e. The first-order valence-corrected chi connectivity index (χ1v) is 25.3. The molecule has 1 aromatic carbocycles. The molecule has 11 unspecified atom stereocenters. The van der Waals surface area contributed by atoms with Crippen molar-refractivity contribution in [3.05, 3.63) is 39.9 Å². The lowest BCUT2D eigenvalue weighted by atomic mass is 9.35. The number of allylic oxidation sites excluding steroid dienone is 2. The number of carboxylic acid groups (broad SMARTS) is 1. The molecule has 0 saturated heterocycles. The van der Waals surface area contributed by atoms with E-state index in [-0.39, 0.29) is 50.9 Å². The third-order valence-electron chi connectivity index (χ3n) is 18.9. The molecule has 358 valence electrons. The number of carboxylic acids is 1. The Bertz CT molecular complexity index is 1920. The number of nitrogens with one attached hydrogen (secondary N) is 2. The predicted octanol–water partition coefficient (Wildman–Crippen LogP) is 10.6. The van der Waals surface area contributed by atoms with Crippen LogP contribution in [0.3, 0.4) is 0 Å². The molecule has 6 aliphatic carbocycles. The number of Topliss-reactive ketones (excluding diaryl/α,β-unsaturated/α-hetero) is 2. The van der Waals surface area contributed by atoms with E-state index in [1.54, 1.807) is 23.8 Å². The number of halogens is 1. The Morgan fingerprint density at radius 2 is 1.70 bits per heavy atom. The highest BCUT2D eigenvalue weighted by molar-refractivity contribution is 6.30. The number of carbonyl (C=O) groups is 4. The standard InChI is InChI=1S/C43H70N2O4.C11H14ClNO2/c1-25(2)36-33(47)23-43(19-20-45-24-39(4,5)44-10)18-14-31-28(37(36)43)11-12-35-41(31,8)17-15-34-40(6,7)27(13-16-42(34,35)9)21-32(46)29-22-30(26(29)3)38(48)49;1-13(2)5-6-15-11-7-10(12)4-3-9(11)8-14/h25-31,34-35,44-45H,11-24H2,1-10H3,(H,48,49);3-4,7-8H,5-6H2,1-2H3. The zero-order valence-corrected chi connectivity index (χ0v) is 42.4. The number of rotatable bonds is 16. The third-order valence-corrected chi connectivity index (χ3v) is 19.1. The van der Waals surface area contributed by atoms with E-state index in [9.17, 15) is 24.3 Å². The first-order chi connectivity index (χ1) is 30.0. The molecule has 0 spiro atoms. The van der Waals surface area contributed by atoms with Crippen LogP contribution in [-0.2, 0) is 14.4 Å². The molecule has 0 amide bonds. The van der Waals surface area contributed by atoms with E-state index in [2.05, 4.69) is 66.0 Å². The molecule has 7 rings (SSSR count). The Morgan fingerprint density at radius 3 is 2.33 bits per heavy atom. The van der Waals surface area contributed by atoms with Crippen molar-refractivity contribution < 1.29 is 29.0 Å². The molecule has 0 heterocycles. The average Bonchev–Trinajstić information content (AvgIpc) is 3.52. The second-order valence-electron chi connectivity index (χ2n) is 23.7. The fourth-order valence-corrected chi connectivity index (χ4v) is 15.2. The van der Waals surface area contributed by atoms with E-state index >= 15 is 0 Å². The molecule has 6 aliphatic rings. The Morgan fingerprint density at radius 1 is 1.00 bits per heavy atom. The van der Waals surface area contributed by atoms with Gasteiger partial charge in [0.05, 0.1) is 11.5 Å². The van der Waals surface area contributed by atoms with Gasteiger partial charge in [0, 0.05) is 47.8 Å². The quantitative estimate of drug-likeness (QED) is 0.110. The van der Waals surface area contributed by atoms with Gasteiger partial charge in [-0.15, -0.1) is 0 Å². The highest BCUT2D eigenvalue weighted by Gasteiger charge is 2.66. The van der Waals surface area contributed by atoms with Gasteiger partial charge in [-0.05, 0) is 187 Å². The van der Waals surface area contributed by atoms with Crippen LogP contribution in [0.25, 0.3) is 0 Å². The topological polar surface area (TPSA) is 125 Å². The number of benzene rings is 1. The van der Waals surface area contributed by atoms with Gasteiger partial charge in [-0.1, -0.05) is 65.6 Å². The van der Waals surface area contributed by atoms with Gasteiger partial charge in [-0.3, -0.25) is 19.2 Å². The van der Waals surface area contributed by atoms with Crippen LogP contribution in [0.2, 0.25) is 5.02 Å². The van der Waals surface area contributed by atoms with Crippen molar-refractivity contribution >= 4 is 35.4 Å². The molecule has 0 aliphatic heterocycles. The van der Waals surface area contributed by atoms with Crippen LogP contribution in [0.1, 0.15) is 150 Å². The molecular weight excluding hydrogens is 822 g/mol. The number of nitrogens with zero attached hydrogens (tertiary/aromatic N) is 1. The number of ketones is 2. The van der Waals surface area contributed by atoms with Gasteiger partial charge in [-0.25, -0.2) is 0 Å². The van der Waals surface area contributed by atoms with Crippen LogP contribution in [-0.4, -0.2) is 86.8 Å². The van der Waals surface area contributed by atoms with Crippen molar-refractivity contribution in [2.75, 3.05) is 47.4 Å². The van der Waals surface area contributed by atoms with E-state index < -0.39 is 5.97 Å². The summed E-state index contributed by atoms with van der Waals surface area (Å²) in [4.78, 5) is 51.7. The Balaban J connectivity index is 0.000000385. The first-order valence-electron chi connectivity index (χ1n) is 24.9. The van der Waals surface area contributed by atoms with Crippen LogP contribution in [0.5, 0.6) is 5.75 Å². The minimum Gasteiger partial charge on any atom is -0.491 e. The molecule has 5 fully saturated rings. The fourth-order valence-electron chi connectivity index (χ4n) is 15.0. The minimum absolute atomic E-state index is 0.0357. The number of fused-ring (bicyclic) bond motifs is 7. The van der Waals surface area contributed by atoms with Crippen molar-refractivity contribution in [3.8, 4) is 5.75 Å². The fraction of sp³-hybridized carbons (Fsp3) is 0.778. The summed E-state index contributed by atoms with van der Waals surface area (Å²) in [6, 6.07) is 4.98. The second kappa shape index (κ2) is 19.6. The summed E-state index contributed by atoms with van der Waals surface area (Å²) >= 11 is 5.81. The van der Waals surface area contributed by atoms with Crippen molar-refractivity contribution in [2.24, 2.45) is 74.9 Å². The Hall–Kier alpha value is -2.59. The normalized spacial score (nSPS) is 35.3. The van der Waals surface area contributed by atoms with Crippen molar-refractivity contribution in [1.82, 2.24) is 15.5 Å². The molecule has 11 atom stereocenters. The Labute approximate surface area is 391 Å². The van der Waals surface area contributed by atoms with Crippen molar-refractivity contribution in [2.45, 2.75) is 145 Å². The van der Waals surface area contributed by atoms with E-state index in [0.717, 1.165) is 51.6 Å². The molecule has 64 heavy (non-hydrogen) atoms. The molecular formula is C54H84ClN3O6. The average molecular weight is 907 g/mol. The zero-order chi connectivity index (χ0) is 47.2. The Kier molecular flexibility index (Phi) is 15.5. The van der Waals surface area contributed by atoms with Gasteiger partial charge in [0.25, 0.3) is 0 Å². The maximum atomic E-state index is 13.9. The maximum absolute atomic E-state index is 13.9. The van der Waals surface area contributed by atoms with Crippen LogP contribution >= 0.6 is 11.6 Å². The minimum atomic E-state index is -0.744. The number of hydrogen-bond donors (Lipinski definition) is 3. The number of carbonyl (C=O) groups excluding carboxylic acids is 3. The van der Waals surface area contributed by atoms with E-state index in [4.69, 9.17) is 16.3 Å². The van der Waals surface area contributed by atoms with Crippen molar-refractivity contribution in [1.29, 1.82) is 0 Å². The lowest BCUT2D eigenvalue weighted by Crippen LogP contribution is -2.62. The molecule has 10 heteroatoms. The molecule has 5 saturated carbocycles. The molecule has 9 nitrogen and oxygen atoms in total. The van der Waals surface area contributed by atoms with Gasteiger partial charge >= 0.3 is 5.97 Å². The van der Waals surface area contributed by atoms with Crippen LogP contribution in [0.4, 0.5) is 0 Å². The number of aldehydes is 1. The second-order valence-corrected chi connectivity index (χ2v) is 24.2. The number of likely N-dealkylation sites (N-methyl/N-ethyl adjacent to an activating group) is 2. The number of ether oxygens (including phenoxy) is 1. The summed E-state index contributed by atoms with van der Waals surface area (Å²) in [7, 11) is 5.95. The molecule has 3 N–H and O–H groups in total. The SMILES string of the molecule is CN(C)CCOc1cc(Cl)ccc1C=O.CNC(C)(C)CNCCC12CCC3C(CCC4C3(C)CCC3C(C)(C)C(CC(=O)C5CC(C(=O)O)C5C)CCC34C)C1=C(C(C)C)C(=O)C2. The number of hydrogen-bond acceptors (Lipinski definition) is 8. The van der Waals surface area contributed by atoms with Gasteiger partial charge in [0.1, 0.15) is 18.1 Å². The van der Waals surface area contributed by atoms with Gasteiger partial charge < -0.3 is 25.4 Å². The van der Waals surface area contributed by atoms with Crippen molar-refractivity contribution in [3.63, 3.8) is 0 Å². The summed E-state index contributed by atoms with van der Waals surface area (Å²) in [5.74, 6) is 3.21. The molecule has 1 aromatic rings. The predicted molar refractivity (Wildman–Crippen MR) is 258 cm³/mol. The van der Waals surface area contributed by atoms with E-state index in [1.807, 2.05) is 33.0 Å². The lowest BCUT2D eigenvalue weighted by molar-refractivity contribution is -0.193. The molecule has 0 aromatic heterocycles. The summed E-state index contributed by atoms with van der Waals surface area (Å²) < 4.78 is 5.46. The van der Waals surface area contributed by atoms with Gasteiger partial charge in [0.15, 0.2) is 12.1 Å². The highest BCUT2D eigenvalue weighted by atomic mass is 35.5. The summed E-state index contributed by atoms with van der Waals surface area (Å²) in [5, 5.41) is 17.2. The summed E-state index contributed by atoms with van der Waals surface area (Å²) in [6.45, 7) is 24.4. The van der Waals surface area contributed by atoms with E-state index in [0.29, 0.717) is 76.9 Å². The van der Waals surface area contributed by atoms with Crippen LogP contribution in [0.15, 0.2) is 29.3 Å². The third kappa shape index (κ3) is 9.72. The van der Waals surface area contributed by atoms with Gasteiger partial charge in [0.2, 0.25) is 0 Å². The number of aliphatic carboxylic acids is 1. The van der Waals surface area contributed by atoms with Crippen LogP contribution < -0.4 is 15.4 Å². The van der Waals surface area contributed by atoms with Crippen LogP contribution in [0, 0.1) is 74.9 Å². The zero-order valence-electron chi connectivity index (χ0n) is 41.6. The largest absolute Gasteiger partial charge is 0.491 e. The molecule has 0 bridgehead atoms. The first kappa shape index (κ1) is 50.8. The van der Waals surface area contributed by atoms with E-state index in [1.165, 1.54) is 44.1 Å².